The highest BCUT2D eigenvalue weighted by Gasteiger charge is 2.04. The van der Waals surface area contributed by atoms with Crippen LogP contribution in [0.15, 0.2) is 67.3 Å². The number of hydrogen-bond donors (Lipinski definition) is 0. The molecular formula is C18H16N2. The lowest BCUT2D eigenvalue weighted by Crippen LogP contribution is -1.87. The molecule has 0 bridgehead atoms. The summed E-state index contributed by atoms with van der Waals surface area (Å²) in [5.41, 5.74) is 6.21. The zero-order valence-electron chi connectivity index (χ0n) is 11.5. The largest absolute Gasteiger partial charge is 0.265 e. The summed E-state index contributed by atoms with van der Waals surface area (Å²) in [5, 5.41) is 0. The van der Waals surface area contributed by atoms with Crippen molar-refractivity contribution in [3.63, 3.8) is 0 Å². The Hall–Kier alpha value is -2.48. The molecule has 20 heavy (non-hydrogen) atoms. The molecule has 0 radical (unpaired) electrons. The molecule has 2 heterocycles. The predicted octanol–water partition coefficient (Wildman–Crippen LogP) is 4.37. The number of pyridine rings is 2. The van der Waals surface area contributed by atoms with Gasteiger partial charge in [0, 0.05) is 24.8 Å². The summed E-state index contributed by atoms with van der Waals surface area (Å²) in [4.78, 5) is 8.17. The molecule has 0 aliphatic carbocycles. The highest BCUT2D eigenvalue weighted by Crippen LogP contribution is 2.28. The molecule has 2 heteroatoms. The Labute approximate surface area is 119 Å². The van der Waals surface area contributed by atoms with Crippen LogP contribution in [0.25, 0.3) is 22.3 Å². The van der Waals surface area contributed by atoms with Crippen LogP contribution >= 0.6 is 0 Å². The normalized spacial score (nSPS) is 10.4. The summed E-state index contributed by atoms with van der Waals surface area (Å²) in [6, 6.07) is 14.9. The Morgan fingerprint density at radius 1 is 0.650 bits per heavy atom. The van der Waals surface area contributed by atoms with Crippen molar-refractivity contribution < 1.29 is 0 Å². The van der Waals surface area contributed by atoms with Crippen LogP contribution < -0.4 is 0 Å². The summed E-state index contributed by atoms with van der Waals surface area (Å²) >= 11 is 0. The number of aromatic nitrogens is 2. The van der Waals surface area contributed by atoms with E-state index in [1.807, 2.05) is 49.1 Å². The third kappa shape index (κ3) is 2.59. The van der Waals surface area contributed by atoms with Crippen LogP contribution in [-0.4, -0.2) is 9.97 Å². The van der Waals surface area contributed by atoms with Gasteiger partial charge in [0.15, 0.2) is 0 Å². The van der Waals surface area contributed by atoms with Crippen LogP contribution in [0.4, 0.5) is 0 Å². The van der Waals surface area contributed by atoms with Crippen LogP contribution in [0.2, 0.25) is 0 Å². The van der Waals surface area contributed by atoms with Gasteiger partial charge in [-0.3, -0.25) is 9.97 Å². The quantitative estimate of drug-likeness (QED) is 0.698. The zero-order chi connectivity index (χ0) is 13.8. The van der Waals surface area contributed by atoms with Crippen molar-refractivity contribution in [2.24, 2.45) is 0 Å². The van der Waals surface area contributed by atoms with Crippen molar-refractivity contribution in [1.29, 1.82) is 0 Å². The first-order chi connectivity index (χ1) is 9.86. The minimum atomic E-state index is 1.02. The molecule has 2 nitrogen and oxygen atoms in total. The van der Waals surface area contributed by atoms with E-state index in [-0.39, 0.29) is 0 Å². The van der Waals surface area contributed by atoms with Crippen molar-refractivity contribution >= 4 is 0 Å². The summed E-state index contributed by atoms with van der Waals surface area (Å²) in [5.74, 6) is 0. The lowest BCUT2D eigenvalue weighted by molar-refractivity contribution is 1.14. The summed E-state index contributed by atoms with van der Waals surface area (Å²) in [6.45, 7) is 2.18. The molecule has 0 aliphatic rings. The van der Waals surface area contributed by atoms with Crippen LogP contribution in [0.5, 0.6) is 0 Å². The maximum atomic E-state index is 4.09. The molecule has 3 aromatic rings. The van der Waals surface area contributed by atoms with Crippen LogP contribution in [-0.2, 0) is 6.42 Å². The average molecular weight is 260 g/mol. The van der Waals surface area contributed by atoms with Gasteiger partial charge in [-0.05, 0) is 64.6 Å². The van der Waals surface area contributed by atoms with Crippen molar-refractivity contribution in [3.05, 3.63) is 72.8 Å². The van der Waals surface area contributed by atoms with E-state index in [2.05, 4.69) is 35.1 Å². The van der Waals surface area contributed by atoms with Gasteiger partial charge >= 0.3 is 0 Å². The Balaban J connectivity index is 2.13. The highest BCUT2D eigenvalue weighted by atomic mass is 14.6. The van der Waals surface area contributed by atoms with Crippen molar-refractivity contribution in [2.45, 2.75) is 13.3 Å². The van der Waals surface area contributed by atoms with E-state index in [4.69, 9.17) is 0 Å². The maximum Gasteiger partial charge on any atom is 0.0273 e. The lowest BCUT2D eigenvalue weighted by Gasteiger charge is -2.09. The molecular weight excluding hydrogens is 244 g/mol. The fourth-order valence-electron chi connectivity index (χ4n) is 2.32. The number of aryl methyl sites for hydroxylation is 1. The van der Waals surface area contributed by atoms with Gasteiger partial charge in [-0.2, -0.15) is 0 Å². The molecule has 0 amide bonds. The van der Waals surface area contributed by atoms with E-state index in [0.29, 0.717) is 0 Å². The first-order valence-electron chi connectivity index (χ1n) is 6.81. The van der Waals surface area contributed by atoms with E-state index in [1.165, 1.54) is 27.8 Å². The van der Waals surface area contributed by atoms with Crippen LogP contribution in [0.3, 0.4) is 0 Å². The molecule has 0 fully saturated rings. The molecule has 3 rings (SSSR count). The zero-order valence-corrected chi connectivity index (χ0v) is 11.5. The van der Waals surface area contributed by atoms with Crippen LogP contribution in [0.1, 0.15) is 12.5 Å². The summed E-state index contributed by atoms with van der Waals surface area (Å²) in [6.07, 6.45) is 8.36. The molecule has 0 atom stereocenters. The highest BCUT2D eigenvalue weighted by molar-refractivity contribution is 5.73. The molecule has 0 N–H and O–H groups in total. The van der Waals surface area contributed by atoms with Crippen molar-refractivity contribution in [2.75, 3.05) is 0 Å². The van der Waals surface area contributed by atoms with Gasteiger partial charge in [0.1, 0.15) is 0 Å². The van der Waals surface area contributed by atoms with Gasteiger partial charge in [-0.1, -0.05) is 19.1 Å². The molecule has 0 aliphatic heterocycles. The van der Waals surface area contributed by atoms with Crippen LogP contribution in [0, 0.1) is 0 Å². The van der Waals surface area contributed by atoms with Gasteiger partial charge in [0.25, 0.3) is 0 Å². The number of nitrogens with zero attached hydrogens (tertiary/aromatic N) is 2. The molecule has 0 spiro atoms. The van der Waals surface area contributed by atoms with Gasteiger partial charge in [0.05, 0.1) is 0 Å². The Bertz CT molecular complexity index is 633. The second-order valence-corrected chi connectivity index (χ2v) is 4.74. The molecule has 98 valence electrons. The second kappa shape index (κ2) is 5.66. The standard InChI is InChI=1S/C18H16N2/c1-2-14-11-17(15-3-7-19-8-4-15)13-18(12-14)16-5-9-20-10-6-16/h3-13H,2H2,1H3. The van der Waals surface area contributed by atoms with E-state index in [0.717, 1.165) is 6.42 Å². The van der Waals surface area contributed by atoms with E-state index >= 15 is 0 Å². The topological polar surface area (TPSA) is 25.8 Å². The fraction of sp³-hybridized carbons (Fsp3) is 0.111. The molecule has 0 unspecified atom stereocenters. The fourth-order valence-corrected chi connectivity index (χ4v) is 2.32. The van der Waals surface area contributed by atoms with Gasteiger partial charge in [-0.25, -0.2) is 0 Å². The Morgan fingerprint density at radius 3 is 1.50 bits per heavy atom. The number of hydrogen-bond acceptors (Lipinski definition) is 2. The first kappa shape index (κ1) is 12.5. The minimum absolute atomic E-state index is 1.02. The number of rotatable bonds is 3. The Kier molecular flexibility index (Phi) is 3.55. The molecule has 1 aromatic carbocycles. The predicted molar refractivity (Wildman–Crippen MR) is 82.3 cm³/mol. The van der Waals surface area contributed by atoms with Crippen molar-refractivity contribution in [3.8, 4) is 22.3 Å². The van der Waals surface area contributed by atoms with Crippen molar-refractivity contribution in [1.82, 2.24) is 9.97 Å². The maximum absolute atomic E-state index is 4.09. The van der Waals surface area contributed by atoms with Gasteiger partial charge in [0.2, 0.25) is 0 Å². The SMILES string of the molecule is CCc1cc(-c2ccncc2)cc(-c2ccncc2)c1. The Morgan fingerprint density at radius 2 is 1.10 bits per heavy atom. The molecule has 0 saturated carbocycles. The minimum Gasteiger partial charge on any atom is -0.265 e. The monoisotopic (exact) mass is 260 g/mol. The molecule has 0 saturated heterocycles. The summed E-state index contributed by atoms with van der Waals surface area (Å²) < 4.78 is 0. The van der Waals surface area contributed by atoms with Gasteiger partial charge < -0.3 is 0 Å². The average Bonchev–Trinajstić information content (AvgIpc) is 2.56. The van der Waals surface area contributed by atoms with E-state index < -0.39 is 0 Å². The van der Waals surface area contributed by atoms with E-state index in [9.17, 15) is 0 Å². The van der Waals surface area contributed by atoms with Gasteiger partial charge in [-0.15, -0.1) is 0 Å². The van der Waals surface area contributed by atoms with E-state index in [1.54, 1.807) is 0 Å². The first-order valence-corrected chi connectivity index (χ1v) is 6.81. The summed E-state index contributed by atoms with van der Waals surface area (Å²) in [7, 11) is 0. The smallest absolute Gasteiger partial charge is 0.0273 e. The lowest BCUT2D eigenvalue weighted by atomic mass is 9.96. The third-order valence-corrected chi connectivity index (χ3v) is 3.43. The number of benzene rings is 1. The third-order valence-electron chi connectivity index (χ3n) is 3.43. The molecule has 2 aromatic heterocycles. The second-order valence-electron chi connectivity index (χ2n) is 4.74.